The number of rotatable bonds is 21. The highest BCUT2D eigenvalue weighted by Gasteiger charge is 2.25. The van der Waals surface area contributed by atoms with Gasteiger partial charge in [-0.1, -0.05) is 73.2 Å². The molecule has 0 aliphatic heterocycles. The molecule has 20 nitrogen and oxygen atoms in total. The number of hydrogen-bond donors (Lipinski definition) is 11. The summed E-state index contributed by atoms with van der Waals surface area (Å²) < 4.78 is 0. The van der Waals surface area contributed by atoms with E-state index in [1.54, 1.807) is 30.3 Å². The van der Waals surface area contributed by atoms with E-state index < -0.39 is 104 Å². The van der Waals surface area contributed by atoms with Crippen molar-refractivity contribution in [2.45, 2.75) is 57.7 Å². The van der Waals surface area contributed by atoms with E-state index in [1.165, 1.54) is 11.3 Å². The third kappa shape index (κ3) is 31.7. The third-order valence-corrected chi connectivity index (χ3v) is 7.54. The molecule has 3 atom stereocenters. The van der Waals surface area contributed by atoms with Crippen LogP contribution in [0.2, 0.25) is 0 Å². The highest BCUT2D eigenvalue weighted by atomic mass is 32.2. The molecule has 0 spiro atoms. The first-order valence-corrected chi connectivity index (χ1v) is 19.6. The van der Waals surface area contributed by atoms with Crippen LogP contribution >= 0.6 is 11.8 Å². The van der Waals surface area contributed by atoms with Crippen LogP contribution in [0.4, 0.5) is 0 Å². The molecule has 2 aromatic carbocycles. The summed E-state index contributed by atoms with van der Waals surface area (Å²) in [6.45, 7) is 1.85. The Balaban J connectivity index is 0. The zero-order chi connectivity index (χ0) is 45.2. The summed E-state index contributed by atoms with van der Waals surface area (Å²) in [5.41, 5.74) is 12.6. The van der Waals surface area contributed by atoms with Crippen molar-refractivity contribution in [1.29, 1.82) is 0 Å². The number of amides is 7. The predicted octanol–water partition coefficient (Wildman–Crippen LogP) is -1.98. The lowest BCUT2D eigenvalue weighted by Gasteiger charge is -2.19. The third-order valence-electron chi connectivity index (χ3n) is 6.97. The van der Waals surface area contributed by atoms with Crippen LogP contribution in [-0.2, 0) is 49.6 Å². The average Bonchev–Trinajstić information content (AvgIpc) is 3.20. The van der Waals surface area contributed by atoms with Crippen molar-refractivity contribution in [3.05, 3.63) is 71.8 Å². The number of thioether (sulfide) groups is 1. The number of aliphatic carboxylic acids is 2. The van der Waals surface area contributed by atoms with Crippen LogP contribution in [0.1, 0.15) is 37.3 Å². The second kappa shape index (κ2) is 34.0. The molecule has 2 rings (SSSR count). The summed E-state index contributed by atoms with van der Waals surface area (Å²) >= 11 is 1.86. The number of nitrogens with one attached hydrogen (secondary N) is 7. The van der Waals surface area contributed by atoms with Crippen molar-refractivity contribution in [3.63, 3.8) is 0 Å². The molecule has 13 N–H and O–H groups in total. The minimum absolute atomic E-state index is 0.0152. The van der Waals surface area contributed by atoms with Crippen LogP contribution in [0, 0.1) is 6.92 Å². The van der Waals surface area contributed by atoms with Crippen LogP contribution in [0.15, 0.2) is 60.7 Å². The Morgan fingerprint density at radius 3 is 1.51 bits per heavy atom. The van der Waals surface area contributed by atoms with Crippen molar-refractivity contribution < 1.29 is 53.4 Å². The van der Waals surface area contributed by atoms with Gasteiger partial charge in [-0.15, -0.1) is 0 Å². The normalized spacial score (nSPS) is 11.2. The Morgan fingerprint density at radius 1 is 0.661 bits per heavy atom. The minimum atomic E-state index is -1.51. The quantitative estimate of drug-likeness (QED) is 0.0649. The van der Waals surface area contributed by atoms with Crippen LogP contribution in [0.5, 0.6) is 0 Å². The zero-order valence-corrected chi connectivity index (χ0v) is 34.8. The van der Waals surface area contributed by atoms with Crippen LogP contribution < -0.4 is 48.7 Å². The number of carboxylic acids is 2. The van der Waals surface area contributed by atoms with Crippen molar-refractivity contribution >= 4 is 65.1 Å². The number of carboxylic acid groups (broad SMARTS) is 2. The fraction of sp³-hybridized carbons (Fsp3) is 0.447. The first-order valence-electron chi connectivity index (χ1n) is 18.2. The van der Waals surface area contributed by atoms with Crippen molar-refractivity contribution in [2.75, 3.05) is 52.3 Å². The number of carbonyl (C=O) groups is 9. The first-order chi connectivity index (χ1) is 27.9. The fourth-order valence-corrected chi connectivity index (χ4v) is 3.96. The molecule has 0 radical (unpaired) electrons. The van der Waals surface area contributed by atoms with Gasteiger partial charge in [0, 0.05) is 12.8 Å². The molecule has 2 aromatic rings. The summed E-state index contributed by atoms with van der Waals surface area (Å²) in [5.74, 6) is -7.19. The molecule has 0 bridgehead atoms. The van der Waals surface area contributed by atoms with Gasteiger partial charge in [-0.3, -0.25) is 43.2 Å². The molecule has 0 aliphatic carbocycles. The first kappa shape index (κ1) is 55.0. The second-order valence-electron chi connectivity index (χ2n) is 12.2. The molecular formula is C38H59N9O11S. The Bertz CT molecular complexity index is 1600. The Morgan fingerprint density at radius 2 is 1.08 bits per heavy atom. The molecule has 0 saturated carbocycles. The molecule has 0 saturated heterocycles. The van der Waals surface area contributed by atoms with Crippen LogP contribution in [0.25, 0.3) is 0 Å². The maximum atomic E-state index is 12.8. The van der Waals surface area contributed by atoms with Gasteiger partial charge in [-0.25, -0.2) is 0 Å². The monoisotopic (exact) mass is 849 g/mol. The standard InChI is InChI=1S/C26H36N8O11.C7H8.C3H8S.C2H7N/c27-15(6-7-22(39)40)25(44)31-11-19(36)29-10-18(35)30-12-20(37)34-17(8-14-4-2-1-3-5-14)26(45)32-13-21(38)33-16(24(28)43)9-23(41)42;1-7-5-3-2-4-6-7;1-3-4-2;1-3-2/h1-5,15-17H,6-13,27H2,(H2,28,43)(H,29,36)(H,30,35)(H,31,44)(H,32,45)(H,33,38)(H,34,37)(H,39,40)(H,41,42);2-6H,1H3;3H2,1-2H3;3H,1-2H3/t15?,16-,17-;;;/m0.../s1. The van der Waals surface area contributed by atoms with E-state index in [2.05, 4.69) is 69.5 Å². The van der Waals surface area contributed by atoms with Gasteiger partial charge >= 0.3 is 11.9 Å². The van der Waals surface area contributed by atoms with Gasteiger partial charge in [0.2, 0.25) is 41.4 Å². The lowest BCUT2D eigenvalue weighted by atomic mass is 10.1. The molecule has 0 heterocycles. The summed E-state index contributed by atoms with van der Waals surface area (Å²) in [4.78, 5) is 106. The van der Waals surface area contributed by atoms with Crippen molar-refractivity contribution in [1.82, 2.24) is 37.2 Å². The van der Waals surface area contributed by atoms with Crippen LogP contribution in [0.3, 0.4) is 0 Å². The second-order valence-corrected chi connectivity index (χ2v) is 13.3. The Hall–Kier alpha value is -6.06. The van der Waals surface area contributed by atoms with E-state index in [0.29, 0.717) is 5.56 Å². The van der Waals surface area contributed by atoms with E-state index in [1.807, 2.05) is 44.1 Å². The van der Waals surface area contributed by atoms with Crippen molar-refractivity contribution in [3.8, 4) is 0 Å². The van der Waals surface area contributed by atoms with Gasteiger partial charge in [0.05, 0.1) is 38.6 Å². The number of aryl methyl sites for hydroxylation is 1. The maximum Gasteiger partial charge on any atom is 0.305 e. The van der Waals surface area contributed by atoms with Crippen LogP contribution in [-0.4, -0.2) is 134 Å². The van der Waals surface area contributed by atoms with Gasteiger partial charge < -0.3 is 58.9 Å². The van der Waals surface area contributed by atoms with E-state index in [9.17, 15) is 43.2 Å². The SMILES string of the molecule is CCSC.CNC.Cc1ccccc1.NC(=O)[C@H](CC(=O)O)NC(=O)CNC(=O)[C@H](Cc1ccccc1)NC(=O)CNC(=O)CNC(=O)CNC(=O)C(N)CCC(=O)O. The smallest absolute Gasteiger partial charge is 0.305 e. The molecule has 0 fully saturated rings. The molecule has 328 valence electrons. The summed E-state index contributed by atoms with van der Waals surface area (Å²) in [6.07, 6.45) is 0.845. The number of benzene rings is 2. The van der Waals surface area contributed by atoms with E-state index in [0.717, 1.165) is 0 Å². The molecule has 21 heteroatoms. The molecule has 1 unspecified atom stereocenters. The summed E-state index contributed by atoms with van der Waals surface area (Å²) in [5, 5.41) is 33.6. The summed E-state index contributed by atoms with van der Waals surface area (Å²) in [6, 6.07) is 14.9. The Kier molecular flexibility index (Phi) is 31.7. The van der Waals surface area contributed by atoms with Gasteiger partial charge in [0.1, 0.15) is 12.1 Å². The molecule has 59 heavy (non-hydrogen) atoms. The fourth-order valence-electron chi connectivity index (χ4n) is 3.96. The number of nitrogens with two attached hydrogens (primary N) is 2. The minimum Gasteiger partial charge on any atom is -0.481 e. The number of hydrogen-bond acceptors (Lipinski definition) is 12. The molecule has 7 amide bonds. The number of primary amides is 1. The van der Waals surface area contributed by atoms with Crippen molar-refractivity contribution in [2.24, 2.45) is 11.5 Å². The zero-order valence-electron chi connectivity index (χ0n) is 34.0. The maximum absolute atomic E-state index is 12.8. The van der Waals surface area contributed by atoms with E-state index in [4.69, 9.17) is 21.7 Å². The predicted molar refractivity (Wildman–Crippen MR) is 223 cm³/mol. The van der Waals surface area contributed by atoms with Gasteiger partial charge in [0.25, 0.3) is 0 Å². The Labute approximate surface area is 348 Å². The number of carbonyl (C=O) groups excluding carboxylic acids is 7. The topological polar surface area (TPSA) is 330 Å². The lowest BCUT2D eigenvalue weighted by Crippen LogP contribution is -2.53. The highest BCUT2D eigenvalue weighted by Crippen LogP contribution is 2.04. The van der Waals surface area contributed by atoms with Gasteiger partial charge in [-0.05, 0) is 45.0 Å². The largest absolute Gasteiger partial charge is 0.481 e. The van der Waals surface area contributed by atoms with E-state index in [-0.39, 0.29) is 19.3 Å². The van der Waals surface area contributed by atoms with Gasteiger partial charge in [0.15, 0.2) is 0 Å². The summed E-state index contributed by atoms with van der Waals surface area (Å²) in [7, 11) is 3.75. The molecular weight excluding hydrogens is 791 g/mol. The van der Waals surface area contributed by atoms with E-state index >= 15 is 0 Å². The molecule has 0 aromatic heterocycles. The average molecular weight is 850 g/mol. The van der Waals surface area contributed by atoms with Gasteiger partial charge in [-0.2, -0.15) is 11.8 Å². The highest BCUT2D eigenvalue weighted by molar-refractivity contribution is 7.98. The molecule has 0 aliphatic rings. The lowest BCUT2D eigenvalue weighted by molar-refractivity contribution is -0.140.